The van der Waals surface area contributed by atoms with Crippen LogP contribution in [0.5, 0.6) is 0 Å². The number of benzene rings is 1. The van der Waals surface area contributed by atoms with E-state index in [1.165, 1.54) is 25.0 Å². The molecule has 43 heavy (non-hydrogen) atoms. The number of rotatable bonds is 10. The first-order chi connectivity index (χ1) is 20.4. The van der Waals surface area contributed by atoms with Gasteiger partial charge in [-0.3, -0.25) is 13.7 Å². The van der Waals surface area contributed by atoms with Crippen molar-refractivity contribution in [3.63, 3.8) is 0 Å². The maximum atomic E-state index is 13.9. The van der Waals surface area contributed by atoms with E-state index in [9.17, 15) is 13.2 Å². The topological polar surface area (TPSA) is 110 Å². The lowest BCUT2D eigenvalue weighted by Crippen LogP contribution is -2.43. The molecule has 1 unspecified atom stereocenters. The molecule has 0 spiro atoms. The van der Waals surface area contributed by atoms with Crippen molar-refractivity contribution in [2.45, 2.75) is 50.9 Å². The fourth-order valence-corrected chi connectivity index (χ4v) is 7.76. The number of nitrogens with zero attached hydrogens (tertiary/aromatic N) is 5. The minimum atomic E-state index is -4.12. The quantitative estimate of drug-likeness (QED) is 0.291. The molecule has 1 N–H and O–H groups in total. The van der Waals surface area contributed by atoms with Gasteiger partial charge in [0, 0.05) is 41.2 Å². The number of sulfonamides is 1. The molecule has 10 nitrogen and oxygen atoms in total. The lowest BCUT2D eigenvalue weighted by molar-refractivity contribution is -0.152. The Balaban J connectivity index is 1.39. The summed E-state index contributed by atoms with van der Waals surface area (Å²) in [6, 6.07) is 10.8. The van der Waals surface area contributed by atoms with E-state index in [1.807, 2.05) is 29.0 Å². The fraction of sp³-hybridized carbons (Fsp3) is 0.433. The number of aromatic nitrogens is 3. The highest BCUT2D eigenvalue weighted by Gasteiger charge is 2.35. The van der Waals surface area contributed by atoms with Crippen LogP contribution in [0.3, 0.4) is 0 Å². The Morgan fingerprint density at radius 2 is 1.88 bits per heavy atom. The Kier molecular flexibility index (Phi) is 9.36. The number of likely N-dealkylation sites (tertiary alicyclic amines) is 1. The number of halogens is 2. The van der Waals surface area contributed by atoms with E-state index in [0.717, 1.165) is 41.4 Å². The highest BCUT2D eigenvalue weighted by atomic mass is 35.5. The highest BCUT2D eigenvalue weighted by Crippen LogP contribution is 2.33. The van der Waals surface area contributed by atoms with Crippen LogP contribution >= 0.6 is 23.2 Å². The van der Waals surface area contributed by atoms with Crippen molar-refractivity contribution < 1.29 is 17.9 Å². The summed E-state index contributed by atoms with van der Waals surface area (Å²) in [5, 5.41) is 12.3. The van der Waals surface area contributed by atoms with E-state index in [1.54, 1.807) is 39.0 Å². The van der Waals surface area contributed by atoms with Gasteiger partial charge in [-0.15, -0.1) is 10.2 Å². The number of carbonyl (C=O) groups excluding carboxylic acids is 1. The average molecular weight is 648 g/mol. The summed E-state index contributed by atoms with van der Waals surface area (Å²) in [7, 11) is -4.12. The zero-order chi connectivity index (χ0) is 30.8. The molecule has 1 atom stereocenters. The van der Waals surface area contributed by atoms with Crippen molar-refractivity contribution in [3.8, 4) is 5.82 Å². The third kappa shape index (κ3) is 7.70. The molecule has 2 aromatic heterocycles. The van der Waals surface area contributed by atoms with Crippen molar-refractivity contribution in [2.75, 3.05) is 42.3 Å². The van der Waals surface area contributed by atoms with Crippen LogP contribution in [-0.4, -0.2) is 77.6 Å². The number of fused-ring (bicyclic) bond motifs is 1. The van der Waals surface area contributed by atoms with Crippen molar-refractivity contribution in [3.05, 3.63) is 64.8 Å². The second-order valence-electron chi connectivity index (χ2n) is 11.7. The van der Waals surface area contributed by atoms with Crippen molar-refractivity contribution in [2.24, 2.45) is 0 Å². The Morgan fingerprint density at radius 3 is 2.56 bits per heavy atom. The van der Waals surface area contributed by atoms with Gasteiger partial charge in [0.05, 0.1) is 11.2 Å². The molecule has 2 aliphatic rings. The largest absolute Gasteiger partial charge is 0.459 e. The standard InChI is InChI=1S/C30H36Cl2N6O4S/c1-30(2,3)42-29(39)20-38(43(40,41)25-18-22(31)17-23(32)19-25)24-6-7-26-21(16-24)10-14-37(26)28-9-8-27(34-35-28)33-11-15-36-12-4-5-13-36/h6-10,14,16-18,25H,4-5,11-13,15,19-20H2,1-3H3,(H,33,34). The molecule has 0 bridgehead atoms. The molecule has 230 valence electrons. The van der Waals surface area contributed by atoms with E-state index in [2.05, 4.69) is 20.4 Å². The van der Waals surface area contributed by atoms with Crippen LogP contribution < -0.4 is 9.62 Å². The molecule has 1 aliphatic carbocycles. The Hall–Kier alpha value is -3.12. The monoisotopic (exact) mass is 646 g/mol. The lowest BCUT2D eigenvalue weighted by Gasteiger charge is -2.30. The number of esters is 1. The normalized spacial score (nSPS) is 17.9. The number of allylic oxidation sites excluding steroid dienone is 3. The predicted molar refractivity (Wildman–Crippen MR) is 171 cm³/mol. The van der Waals surface area contributed by atoms with Gasteiger partial charge in [0.1, 0.15) is 23.2 Å². The Labute approximate surface area is 262 Å². The molecule has 1 fully saturated rings. The minimum Gasteiger partial charge on any atom is -0.459 e. The van der Waals surface area contributed by atoms with Gasteiger partial charge in [0.25, 0.3) is 0 Å². The first-order valence-corrected chi connectivity index (χ1v) is 16.5. The molecular formula is C30H36Cl2N6O4S. The van der Waals surface area contributed by atoms with Gasteiger partial charge in [0.2, 0.25) is 10.0 Å². The number of nitrogens with one attached hydrogen (secondary N) is 1. The predicted octanol–water partition coefficient (Wildman–Crippen LogP) is 5.42. The van der Waals surface area contributed by atoms with Crippen LogP contribution in [-0.2, 0) is 19.6 Å². The van der Waals surface area contributed by atoms with Gasteiger partial charge in [-0.2, -0.15) is 0 Å². The van der Waals surface area contributed by atoms with Crippen LogP contribution in [0.2, 0.25) is 0 Å². The molecule has 3 heterocycles. The van der Waals surface area contributed by atoms with Crippen LogP contribution in [0, 0.1) is 0 Å². The summed E-state index contributed by atoms with van der Waals surface area (Å²) in [4.78, 5) is 15.3. The fourth-order valence-electron chi connectivity index (χ4n) is 5.24. The molecule has 0 radical (unpaired) electrons. The molecular weight excluding hydrogens is 611 g/mol. The van der Waals surface area contributed by atoms with Crippen molar-refractivity contribution >= 4 is 61.6 Å². The molecule has 0 saturated carbocycles. The third-order valence-corrected chi connectivity index (χ3v) is 9.73. The molecule has 0 amide bonds. The number of ether oxygens (including phenoxy) is 1. The first kappa shape index (κ1) is 31.3. The summed E-state index contributed by atoms with van der Waals surface area (Å²) < 4.78 is 36.3. The summed E-state index contributed by atoms with van der Waals surface area (Å²) in [5.41, 5.74) is 0.331. The van der Waals surface area contributed by atoms with Gasteiger partial charge in [0.15, 0.2) is 5.82 Å². The number of anilines is 2. The van der Waals surface area contributed by atoms with Crippen LogP contribution in [0.4, 0.5) is 11.5 Å². The first-order valence-electron chi connectivity index (χ1n) is 14.3. The number of hydrogen-bond donors (Lipinski definition) is 1. The molecule has 3 aromatic rings. The lowest BCUT2D eigenvalue weighted by atomic mass is 10.2. The number of hydrogen-bond acceptors (Lipinski definition) is 8. The van der Waals surface area contributed by atoms with Crippen LogP contribution in [0.25, 0.3) is 16.7 Å². The van der Waals surface area contributed by atoms with Crippen LogP contribution in [0.15, 0.2) is 64.8 Å². The van der Waals surface area contributed by atoms with Gasteiger partial charge < -0.3 is 15.0 Å². The van der Waals surface area contributed by atoms with Gasteiger partial charge in [-0.1, -0.05) is 23.2 Å². The summed E-state index contributed by atoms with van der Waals surface area (Å²) in [6.07, 6.45) is 7.37. The molecule has 1 aromatic carbocycles. The Bertz CT molecular complexity index is 1640. The highest BCUT2D eigenvalue weighted by molar-refractivity contribution is 7.93. The Morgan fingerprint density at radius 1 is 1.12 bits per heavy atom. The van der Waals surface area contributed by atoms with Crippen molar-refractivity contribution in [1.29, 1.82) is 0 Å². The second-order valence-corrected chi connectivity index (χ2v) is 14.7. The van der Waals surface area contributed by atoms with E-state index >= 15 is 0 Å². The van der Waals surface area contributed by atoms with E-state index < -0.39 is 33.4 Å². The third-order valence-electron chi connectivity index (χ3n) is 7.21. The SMILES string of the molecule is CC(C)(C)OC(=O)CN(c1ccc2c(ccn2-c2ccc(NCCN3CCCC3)nn2)c1)S(=O)(=O)C1C=C(Cl)C=C(Cl)C1. The zero-order valence-corrected chi connectivity index (χ0v) is 26.8. The zero-order valence-electron chi connectivity index (χ0n) is 24.5. The summed E-state index contributed by atoms with van der Waals surface area (Å²) in [5.74, 6) is 0.650. The molecule has 13 heteroatoms. The van der Waals surface area contributed by atoms with Gasteiger partial charge in [-0.25, -0.2) is 8.42 Å². The van der Waals surface area contributed by atoms with Crippen molar-refractivity contribution in [1.82, 2.24) is 19.7 Å². The number of carbonyl (C=O) groups is 1. The maximum absolute atomic E-state index is 13.9. The van der Waals surface area contributed by atoms with E-state index in [0.29, 0.717) is 22.4 Å². The maximum Gasteiger partial charge on any atom is 0.327 e. The minimum absolute atomic E-state index is 0.0470. The van der Waals surface area contributed by atoms with Gasteiger partial charge in [-0.05, 0) is 95.3 Å². The molecule has 1 saturated heterocycles. The summed E-state index contributed by atoms with van der Waals surface area (Å²) in [6.45, 7) is 8.76. The molecule has 1 aliphatic heterocycles. The van der Waals surface area contributed by atoms with Crippen LogP contribution in [0.1, 0.15) is 40.0 Å². The second kappa shape index (κ2) is 12.9. The molecule has 5 rings (SSSR count). The van der Waals surface area contributed by atoms with E-state index in [4.69, 9.17) is 27.9 Å². The smallest absolute Gasteiger partial charge is 0.327 e. The van der Waals surface area contributed by atoms with Gasteiger partial charge >= 0.3 is 5.97 Å². The summed E-state index contributed by atoms with van der Waals surface area (Å²) >= 11 is 12.4. The average Bonchev–Trinajstić information content (AvgIpc) is 3.60. The van der Waals surface area contributed by atoms with E-state index in [-0.39, 0.29) is 11.5 Å².